The van der Waals surface area contributed by atoms with Gasteiger partial charge in [0.2, 0.25) is 5.89 Å². The maximum Gasteiger partial charge on any atom is 0.416 e. The highest BCUT2D eigenvalue weighted by Gasteiger charge is 2.29. The molecule has 6 nitrogen and oxygen atoms in total. The number of hydrogen-bond acceptors (Lipinski definition) is 5. The minimum Gasteiger partial charge on any atom is -0.487 e. The number of H-pyrrole nitrogens is 1. The summed E-state index contributed by atoms with van der Waals surface area (Å²) >= 11 is 0. The number of ether oxygens (including phenoxy) is 1. The van der Waals surface area contributed by atoms with Crippen LogP contribution in [0.5, 0.6) is 5.75 Å². The number of benzene rings is 2. The Hall–Kier alpha value is -3.88. The van der Waals surface area contributed by atoms with Crippen molar-refractivity contribution in [2.75, 3.05) is 0 Å². The Morgan fingerprint density at radius 3 is 2.38 bits per heavy atom. The van der Waals surface area contributed by atoms with Crippen molar-refractivity contribution in [1.82, 2.24) is 20.4 Å². The monoisotopic (exact) mass is 468 g/mol. The summed E-state index contributed by atoms with van der Waals surface area (Å²) in [5.74, 6) is 1.08. The van der Waals surface area contributed by atoms with E-state index >= 15 is 0 Å². The number of aryl methyl sites for hydroxylation is 2. The Bertz CT molecular complexity index is 1180. The molecule has 0 bridgehead atoms. The molecule has 0 aliphatic rings. The molecule has 2 heterocycles. The predicted molar refractivity (Wildman–Crippen MR) is 121 cm³/mol. The van der Waals surface area contributed by atoms with Crippen molar-refractivity contribution < 1.29 is 22.3 Å². The van der Waals surface area contributed by atoms with E-state index in [1.165, 1.54) is 24.0 Å². The molecule has 176 valence electrons. The Kier molecular flexibility index (Phi) is 7.41. The lowest BCUT2D eigenvalue weighted by molar-refractivity contribution is -0.137. The second-order valence-electron chi connectivity index (χ2n) is 7.73. The van der Waals surface area contributed by atoms with E-state index in [2.05, 4.69) is 20.4 Å². The van der Waals surface area contributed by atoms with E-state index in [4.69, 9.17) is 9.15 Å². The van der Waals surface area contributed by atoms with Gasteiger partial charge in [-0.1, -0.05) is 29.5 Å². The largest absolute Gasteiger partial charge is 0.487 e. The smallest absolute Gasteiger partial charge is 0.416 e. The van der Waals surface area contributed by atoms with E-state index in [-0.39, 0.29) is 6.61 Å². The molecule has 34 heavy (non-hydrogen) atoms. The molecule has 4 rings (SSSR count). The van der Waals surface area contributed by atoms with E-state index in [1.807, 2.05) is 30.5 Å². The van der Waals surface area contributed by atoms with Crippen LogP contribution in [0.4, 0.5) is 13.2 Å². The third kappa shape index (κ3) is 6.81. The van der Waals surface area contributed by atoms with Crippen LogP contribution < -0.4 is 4.74 Å². The van der Waals surface area contributed by atoms with E-state index in [0.717, 1.165) is 49.3 Å². The Morgan fingerprint density at radius 2 is 1.68 bits per heavy atom. The van der Waals surface area contributed by atoms with Crippen molar-refractivity contribution >= 4 is 12.2 Å². The number of aromatic nitrogens is 4. The van der Waals surface area contributed by atoms with Gasteiger partial charge < -0.3 is 9.15 Å². The van der Waals surface area contributed by atoms with Crippen molar-refractivity contribution in [3.05, 3.63) is 95.0 Å². The Labute approximate surface area is 194 Å². The van der Waals surface area contributed by atoms with Crippen LogP contribution in [0.1, 0.15) is 46.8 Å². The molecule has 2 aromatic carbocycles. The van der Waals surface area contributed by atoms with Crippen molar-refractivity contribution in [1.29, 1.82) is 0 Å². The normalized spacial score (nSPS) is 11.9. The number of hydrogen-bond donors (Lipinski definition) is 1. The van der Waals surface area contributed by atoms with Gasteiger partial charge in [0, 0.05) is 12.3 Å². The average Bonchev–Trinajstić information content (AvgIpc) is 3.52. The molecule has 4 aromatic rings. The molecule has 0 fully saturated rings. The van der Waals surface area contributed by atoms with Gasteiger partial charge in [-0.2, -0.15) is 13.2 Å². The van der Waals surface area contributed by atoms with Crippen LogP contribution >= 0.6 is 0 Å². The first-order valence-corrected chi connectivity index (χ1v) is 10.8. The first-order valence-electron chi connectivity index (χ1n) is 10.8. The molecule has 1 N–H and O–H groups in total. The van der Waals surface area contributed by atoms with Gasteiger partial charge in [-0.05, 0) is 67.2 Å². The minimum atomic E-state index is -4.35. The predicted octanol–water partition coefficient (Wildman–Crippen LogP) is 6.13. The molecule has 0 radical (unpaired) electrons. The van der Waals surface area contributed by atoms with Gasteiger partial charge in [-0.15, -0.1) is 5.10 Å². The fourth-order valence-corrected chi connectivity index (χ4v) is 3.31. The number of aromatic amines is 1. The fraction of sp³-hybridized carbons (Fsp3) is 0.240. The standard InChI is InChI=1S/C25H23F3N4O2/c26-25(27,28)20-10-5-19(6-11-20)9-14-24-30-22(17-34-24)16-33-23-12-7-18(8-13-23)3-1-2-4-21-15-29-32-31-21/h5-15,17H,1-4,16H2,(H,29,31,32). The molecule has 2 aromatic heterocycles. The summed E-state index contributed by atoms with van der Waals surface area (Å²) in [6.45, 7) is 0.245. The van der Waals surface area contributed by atoms with Crippen LogP contribution in [-0.2, 0) is 25.6 Å². The number of unbranched alkanes of at least 4 members (excludes halogenated alkanes) is 1. The van der Waals surface area contributed by atoms with Crippen LogP contribution in [0.3, 0.4) is 0 Å². The second-order valence-corrected chi connectivity index (χ2v) is 7.73. The Morgan fingerprint density at radius 1 is 0.912 bits per heavy atom. The highest BCUT2D eigenvalue weighted by molar-refractivity contribution is 5.66. The molecule has 0 atom stereocenters. The van der Waals surface area contributed by atoms with Crippen molar-refractivity contribution in [2.45, 2.75) is 38.5 Å². The SMILES string of the molecule is FC(F)(F)c1ccc(C=Cc2nc(COc3ccc(CCCCc4c[nH]nn4)cc3)co2)cc1. The molecular weight excluding hydrogens is 445 g/mol. The van der Waals surface area contributed by atoms with Gasteiger partial charge >= 0.3 is 6.18 Å². The zero-order valence-electron chi connectivity index (χ0n) is 18.3. The highest BCUT2D eigenvalue weighted by atomic mass is 19.4. The van der Waals surface area contributed by atoms with Crippen molar-refractivity contribution in [2.24, 2.45) is 0 Å². The summed E-state index contributed by atoms with van der Waals surface area (Å²) in [5, 5.41) is 10.4. The number of nitrogens with one attached hydrogen (secondary N) is 1. The molecular formula is C25H23F3N4O2. The summed E-state index contributed by atoms with van der Waals surface area (Å²) in [6, 6.07) is 12.8. The first-order chi connectivity index (χ1) is 16.5. The van der Waals surface area contributed by atoms with Gasteiger partial charge in [0.25, 0.3) is 0 Å². The Balaban J connectivity index is 1.21. The molecule has 0 aliphatic carbocycles. The summed E-state index contributed by atoms with van der Waals surface area (Å²) in [5.41, 5.74) is 2.77. The number of alkyl halides is 3. The quantitative estimate of drug-likeness (QED) is 0.284. The number of oxazole rings is 1. The number of halogens is 3. The zero-order chi connectivity index (χ0) is 23.8. The van der Waals surface area contributed by atoms with E-state index in [0.29, 0.717) is 17.1 Å². The molecule has 0 aliphatic heterocycles. The van der Waals surface area contributed by atoms with Crippen LogP contribution in [0.25, 0.3) is 12.2 Å². The van der Waals surface area contributed by atoms with E-state index in [1.54, 1.807) is 12.2 Å². The van der Waals surface area contributed by atoms with Crippen molar-refractivity contribution in [3.8, 4) is 5.75 Å². The maximum atomic E-state index is 12.6. The average molecular weight is 468 g/mol. The van der Waals surface area contributed by atoms with Crippen molar-refractivity contribution in [3.63, 3.8) is 0 Å². The number of rotatable bonds is 10. The van der Waals surface area contributed by atoms with Gasteiger partial charge in [-0.3, -0.25) is 5.10 Å². The third-order valence-corrected chi connectivity index (χ3v) is 5.15. The summed E-state index contributed by atoms with van der Waals surface area (Å²) < 4.78 is 49.1. The lowest BCUT2D eigenvalue weighted by Crippen LogP contribution is -2.03. The molecule has 0 spiro atoms. The highest BCUT2D eigenvalue weighted by Crippen LogP contribution is 2.29. The minimum absolute atomic E-state index is 0.245. The van der Waals surface area contributed by atoms with Crippen LogP contribution in [0.15, 0.2) is 65.4 Å². The van der Waals surface area contributed by atoms with Crippen LogP contribution in [0.2, 0.25) is 0 Å². The van der Waals surface area contributed by atoms with E-state index < -0.39 is 11.7 Å². The zero-order valence-corrected chi connectivity index (χ0v) is 18.3. The first kappa shape index (κ1) is 23.3. The molecule has 0 unspecified atom stereocenters. The topological polar surface area (TPSA) is 76.8 Å². The lowest BCUT2D eigenvalue weighted by atomic mass is 10.1. The molecule has 0 amide bonds. The van der Waals surface area contributed by atoms with Gasteiger partial charge in [-0.25, -0.2) is 4.98 Å². The van der Waals surface area contributed by atoms with Gasteiger partial charge in [0.15, 0.2) is 0 Å². The molecule has 0 saturated heterocycles. The summed E-state index contributed by atoms with van der Waals surface area (Å²) in [4.78, 5) is 4.32. The maximum absolute atomic E-state index is 12.6. The molecule has 9 heteroatoms. The van der Waals surface area contributed by atoms with Crippen LogP contribution in [-0.4, -0.2) is 20.4 Å². The summed E-state index contributed by atoms with van der Waals surface area (Å²) in [6.07, 6.45) is 6.22. The number of nitrogens with zero attached hydrogens (tertiary/aromatic N) is 3. The van der Waals surface area contributed by atoms with E-state index in [9.17, 15) is 13.2 Å². The fourth-order valence-electron chi connectivity index (χ4n) is 3.31. The van der Waals surface area contributed by atoms with Crippen LogP contribution in [0, 0.1) is 0 Å². The second kappa shape index (κ2) is 10.8. The summed E-state index contributed by atoms with van der Waals surface area (Å²) in [7, 11) is 0. The molecule has 0 saturated carbocycles. The van der Waals surface area contributed by atoms with Gasteiger partial charge in [0.05, 0.1) is 11.3 Å². The lowest BCUT2D eigenvalue weighted by Gasteiger charge is -2.06. The third-order valence-electron chi connectivity index (χ3n) is 5.15. The van der Waals surface area contributed by atoms with Gasteiger partial charge in [0.1, 0.15) is 24.3 Å².